The van der Waals surface area contributed by atoms with Crippen molar-refractivity contribution >= 4 is 0 Å². The quantitative estimate of drug-likeness (QED) is 0.828. The van der Waals surface area contributed by atoms with Crippen LogP contribution in [0.5, 0.6) is 0 Å². The molecule has 2 N–H and O–H groups in total. The maximum absolute atomic E-state index is 5.72. The molecular weight excluding hydrogens is 212 g/mol. The van der Waals surface area contributed by atoms with Crippen LogP contribution < -0.4 is 5.73 Å². The summed E-state index contributed by atoms with van der Waals surface area (Å²) in [7, 11) is 2.15. The molecule has 1 rings (SSSR count). The molecule has 1 atom stereocenters. The van der Waals surface area contributed by atoms with Crippen LogP contribution in [0.1, 0.15) is 44.3 Å². The van der Waals surface area contributed by atoms with Crippen LogP contribution >= 0.6 is 0 Å². The SMILES string of the molecule is Cc1cc(CN(C)C(C)CC(C)C)oc1CN. The van der Waals surface area contributed by atoms with Gasteiger partial charge >= 0.3 is 0 Å². The van der Waals surface area contributed by atoms with Crippen LogP contribution in [0, 0.1) is 12.8 Å². The van der Waals surface area contributed by atoms with Gasteiger partial charge in [0.25, 0.3) is 0 Å². The Morgan fingerprint density at radius 1 is 1.35 bits per heavy atom. The van der Waals surface area contributed by atoms with Gasteiger partial charge in [0.05, 0.1) is 13.1 Å². The Balaban J connectivity index is 2.57. The van der Waals surface area contributed by atoms with Gasteiger partial charge in [-0.05, 0) is 44.9 Å². The molecule has 0 bridgehead atoms. The Morgan fingerprint density at radius 3 is 2.47 bits per heavy atom. The summed E-state index contributed by atoms with van der Waals surface area (Å²) in [6, 6.07) is 2.67. The van der Waals surface area contributed by atoms with Gasteiger partial charge in [0.1, 0.15) is 11.5 Å². The van der Waals surface area contributed by atoms with E-state index in [9.17, 15) is 0 Å². The molecule has 0 saturated heterocycles. The average molecular weight is 238 g/mol. The smallest absolute Gasteiger partial charge is 0.120 e. The van der Waals surface area contributed by atoms with Gasteiger partial charge in [-0.15, -0.1) is 0 Å². The third-order valence-corrected chi connectivity index (χ3v) is 3.23. The Bertz CT molecular complexity index is 344. The highest BCUT2D eigenvalue weighted by atomic mass is 16.3. The summed E-state index contributed by atoms with van der Waals surface area (Å²) in [5.74, 6) is 2.65. The molecule has 0 saturated carbocycles. The fourth-order valence-electron chi connectivity index (χ4n) is 2.13. The molecule has 98 valence electrons. The number of nitrogens with two attached hydrogens (primary N) is 1. The lowest BCUT2D eigenvalue weighted by atomic mass is 10.0. The van der Waals surface area contributed by atoms with Gasteiger partial charge in [-0.3, -0.25) is 4.90 Å². The predicted molar refractivity (Wildman–Crippen MR) is 71.7 cm³/mol. The van der Waals surface area contributed by atoms with Crippen molar-refractivity contribution < 1.29 is 4.42 Å². The minimum Gasteiger partial charge on any atom is -0.463 e. The molecule has 17 heavy (non-hydrogen) atoms. The van der Waals surface area contributed by atoms with Crippen molar-refractivity contribution in [3.05, 3.63) is 23.2 Å². The molecule has 1 aromatic heterocycles. The molecule has 1 heterocycles. The van der Waals surface area contributed by atoms with E-state index in [1.165, 1.54) is 6.42 Å². The van der Waals surface area contributed by atoms with E-state index in [4.69, 9.17) is 10.2 Å². The Labute approximate surface area is 105 Å². The number of aryl methyl sites for hydroxylation is 1. The van der Waals surface area contributed by atoms with Gasteiger partial charge in [0.2, 0.25) is 0 Å². The van der Waals surface area contributed by atoms with Crippen LogP contribution in [0.25, 0.3) is 0 Å². The van der Waals surface area contributed by atoms with E-state index in [0.717, 1.165) is 29.5 Å². The van der Waals surface area contributed by atoms with E-state index >= 15 is 0 Å². The van der Waals surface area contributed by atoms with Crippen LogP contribution in [0.3, 0.4) is 0 Å². The van der Waals surface area contributed by atoms with Crippen LogP contribution in [0.2, 0.25) is 0 Å². The first kappa shape index (κ1) is 14.3. The molecule has 0 fully saturated rings. The van der Waals surface area contributed by atoms with E-state index in [1.54, 1.807) is 0 Å². The first-order chi connectivity index (χ1) is 7.93. The zero-order valence-corrected chi connectivity index (χ0v) is 11.8. The van der Waals surface area contributed by atoms with Crippen molar-refractivity contribution in [3.8, 4) is 0 Å². The zero-order chi connectivity index (χ0) is 13.0. The predicted octanol–water partition coefficient (Wildman–Crippen LogP) is 2.91. The van der Waals surface area contributed by atoms with E-state index in [-0.39, 0.29) is 0 Å². The number of nitrogens with zero attached hydrogens (tertiary/aromatic N) is 1. The molecule has 3 nitrogen and oxygen atoms in total. The van der Waals surface area contributed by atoms with Crippen molar-refractivity contribution in [1.29, 1.82) is 0 Å². The van der Waals surface area contributed by atoms with Gasteiger partial charge in [0.15, 0.2) is 0 Å². The largest absolute Gasteiger partial charge is 0.463 e. The van der Waals surface area contributed by atoms with Crippen LogP contribution in [0.15, 0.2) is 10.5 Å². The first-order valence-electron chi connectivity index (χ1n) is 6.42. The molecular formula is C14H26N2O. The van der Waals surface area contributed by atoms with Crippen molar-refractivity contribution in [2.75, 3.05) is 7.05 Å². The van der Waals surface area contributed by atoms with Crippen LogP contribution in [0.4, 0.5) is 0 Å². The van der Waals surface area contributed by atoms with Gasteiger partial charge < -0.3 is 10.2 Å². The maximum Gasteiger partial charge on any atom is 0.120 e. The molecule has 0 aliphatic heterocycles. The summed E-state index contributed by atoms with van der Waals surface area (Å²) in [6.45, 7) is 10.2. The highest BCUT2D eigenvalue weighted by Crippen LogP contribution is 2.18. The minimum atomic E-state index is 0.483. The molecule has 0 aliphatic carbocycles. The van der Waals surface area contributed by atoms with Crippen molar-refractivity contribution in [2.45, 2.75) is 53.2 Å². The van der Waals surface area contributed by atoms with Gasteiger partial charge in [0, 0.05) is 6.04 Å². The second-order valence-corrected chi connectivity index (χ2v) is 5.42. The summed E-state index contributed by atoms with van der Waals surface area (Å²) in [4.78, 5) is 2.33. The van der Waals surface area contributed by atoms with Crippen molar-refractivity contribution in [3.63, 3.8) is 0 Å². The summed E-state index contributed by atoms with van der Waals surface area (Å²) in [5, 5.41) is 0. The van der Waals surface area contributed by atoms with E-state index in [0.29, 0.717) is 12.6 Å². The fraction of sp³-hybridized carbons (Fsp3) is 0.714. The number of hydrogen-bond donors (Lipinski definition) is 1. The third-order valence-electron chi connectivity index (χ3n) is 3.23. The minimum absolute atomic E-state index is 0.483. The maximum atomic E-state index is 5.72. The number of rotatable bonds is 6. The molecule has 0 spiro atoms. The van der Waals surface area contributed by atoms with Gasteiger partial charge in [-0.2, -0.15) is 0 Å². The molecule has 1 aromatic rings. The van der Waals surface area contributed by atoms with Crippen LogP contribution in [-0.2, 0) is 13.1 Å². The second kappa shape index (κ2) is 6.22. The average Bonchev–Trinajstić information content (AvgIpc) is 2.57. The van der Waals surface area contributed by atoms with Crippen molar-refractivity contribution in [2.24, 2.45) is 11.7 Å². The summed E-state index contributed by atoms with van der Waals surface area (Å²) in [6.07, 6.45) is 1.21. The normalized spacial score (nSPS) is 13.6. The highest BCUT2D eigenvalue weighted by molar-refractivity contribution is 5.19. The third kappa shape index (κ3) is 4.17. The summed E-state index contributed by atoms with van der Waals surface area (Å²) < 4.78 is 5.72. The van der Waals surface area contributed by atoms with Crippen molar-refractivity contribution in [1.82, 2.24) is 4.90 Å². The Hall–Kier alpha value is -0.800. The van der Waals surface area contributed by atoms with Crippen LogP contribution in [-0.4, -0.2) is 18.0 Å². The second-order valence-electron chi connectivity index (χ2n) is 5.42. The summed E-state index contributed by atoms with van der Waals surface area (Å²) in [5.41, 5.74) is 6.77. The molecule has 3 heteroatoms. The lowest BCUT2D eigenvalue weighted by molar-refractivity contribution is 0.204. The molecule has 0 aromatic carbocycles. The lowest BCUT2D eigenvalue weighted by Crippen LogP contribution is -2.29. The van der Waals surface area contributed by atoms with E-state index in [2.05, 4.69) is 38.8 Å². The van der Waals surface area contributed by atoms with Gasteiger partial charge in [-0.1, -0.05) is 13.8 Å². The Morgan fingerprint density at radius 2 is 2.00 bits per heavy atom. The first-order valence-corrected chi connectivity index (χ1v) is 6.42. The van der Waals surface area contributed by atoms with E-state index < -0.39 is 0 Å². The lowest BCUT2D eigenvalue weighted by Gasteiger charge is -2.25. The number of furan rings is 1. The molecule has 0 radical (unpaired) electrons. The Kier molecular flexibility index (Phi) is 5.22. The zero-order valence-electron chi connectivity index (χ0n) is 11.8. The standard InChI is InChI=1S/C14H26N2O/c1-10(2)6-12(4)16(5)9-13-7-11(3)14(8-15)17-13/h7,10,12H,6,8-9,15H2,1-5H3. The molecule has 0 amide bonds. The summed E-state index contributed by atoms with van der Waals surface area (Å²) >= 11 is 0. The van der Waals surface area contributed by atoms with E-state index in [1.807, 2.05) is 6.92 Å². The molecule has 1 unspecified atom stereocenters. The topological polar surface area (TPSA) is 42.4 Å². The van der Waals surface area contributed by atoms with Gasteiger partial charge in [-0.25, -0.2) is 0 Å². The monoisotopic (exact) mass is 238 g/mol. The fourth-order valence-corrected chi connectivity index (χ4v) is 2.13. The molecule has 0 aliphatic rings. The number of hydrogen-bond acceptors (Lipinski definition) is 3. The highest BCUT2D eigenvalue weighted by Gasteiger charge is 2.14.